The summed E-state index contributed by atoms with van der Waals surface area (Å²) in [6.45, 7) is 3.43. The summed E-state index contributed by atoms with van der Waals surface area (Å²) in [4.78, 5) is 12.9. The Bertz CT molecular complexity index is 246. The van der Waals surface area contributed by atoms with Crippen molar-refractivity contribution in [1.29, 1.82) is 0 Å². The normalized spacial score (nSPS) is 23.9. The van der Waals surface area contributed by atoms with Crippen LogP contribution in [0.2, 0.25) is 0 Å². The number of rotatable bonds is 3. The molecule has 0 spiro atoms. The predicted molar refractivity (Wildman–Crippen MR) is 53.6 cm³/mol. The summed E-state index contributed by atoms with van der Waals surface area (Å²) in [5, 5.41) is 0. The minimum Gasteiger partial charge on any atom is -0.335 e. The van der Waals surface area contributed by atoms with E-state index in [-0.39, 0.29) is 24.8 Å². The van der Waals surface area contributed by atoms with Crippen LogP contribution in [0.3, 0.4) is 0 Å². The monoisotopic (exact) mass is 220 g/mol. The Kier molecular flexibility index (Phi) is 3.65. The topological polar surface area (TPSA) is 46.3 Å². The quantitative estimate of drug-likeness (QED) is 0.777. The molecule has 0 radical (unpaired) electrons. The fraction of sp³-hybridized carbons (Fsp3) is 0.900. The van der Waals surface area contributed by atoms with Gasteiger partial charge in [0.05, 0.1) is 12.6 Å². The number of halogens is 2. The number of likely N-dealkylation sites (tertiary alicyclic amines) is 1. The van der Waals surface area contributed by atoms with Gasteiger partial charge in [0, 0.05) is 13.0 Å². The molecule has 0 aromatic carbocycles. The molecule has 1 saturated heterocycles. The summed E-state index contributed by atoms with van der Waals surface area (Å²) in [5.41, 5.74) is 5.70. The maximum atomic E-state index is 12.9. The molecule has 1 aliphatic rings. The van der Waals surface area contributed by atoms with E-state index in [9.17, 15) is 13.6 Å². The predicted octanol–water partition coefficient (Wildman–Crippen LogP) is 1.23. The largest absolute Gasteiger partial charge is 0.335 e. The first-order chi connectivity index (χ1) is 6.87. The molecular weight excluding hydrogens is 202 g/mol. The van der Waals surface area contributed by atoms with E-state index >= 15 is 0 Å². The molecule has 3 nitrogen and oxygen atoms in total. The molecule has 0 bridgehead atoms. The fourth-order valence-corrected chi connectivity index (χ4v) is 1.63. The Morgan fingerprint density at radius 1 is 1.60 bits per heavy atom. The van der Waals surface area contributed by atoms with Gasteiger partial charge in [0.15, 0.2) is 0 Å². The second-order valence-corrected chi connectivity index (χ2v) is 4.28. The van der Waals surface area contributed by atoms with Crippen molar-refractivity contribution in [3.8, 4) is 0 Å². The molecule has 1 aliphatic heterocycles. The van der Waals surface area contributed by atoms with Crippen molar-refractivity contribution in [2.24, 2.45) is 11.7 Å². The van der Waals surface area contributed by atoms with Gasteiger partial charge in [0.25, 0.3) is 5.92 Å². The van der Waals surface area contributed by atoms with Gasteiger partial charge >= 0.3 is 0 Å². The lowest BCUT2D eigenvalue weighted by Crippen LogP contribution is -2.46. The molecule has 0 unspecified atom stereocenters. The number of nitrogens with zero attached hydrogens (tertiary/aromatic N) is 1. The van der Waals surface area contributed by atoms with Gasteiger partial charge in [-0.25, -0.2) is 8.78 Å². The van der Waals surface area contributed by atoms with E-state index in [1.165, 1.54) is 4.90 Å². The highest BCUT2D eigenvalue weighted by atomic mass is 19.3. The Balaban J connectivity index is 2.55. The van der Waals surface area contributed by atoms with Crippen molar-refractivity contribution in [1.82, 2.24) is 4.90 Å². The van der Waals surface area contributed by atoms with Crippen LogP contribution in [0, 0.1) is 5.92 Å². The summed E-state index contributed by atoms with van der Waals surface area (Å²) in [6, 6.07) is -0.649. The second-order valence-electron chi connectivity index (χ2n) is 4.28. The van der Waals surface area contributed by atoms with Gasteiger partial charge in [-0.2, -0.15) is 0 Å². The van der Waals surface area contributed by atoms with E-state index in [2.05, 4.69) is 0 Å². The van der Waals surface area contributed by atoms with E-state index in [1.54, 1.807) is 0 Å². The maximum absolute atomic E-state index is 12.9. The van der Waals surface area contributed by atoms with E-state index in [1.807, 2.05) is 13.8 Å². The molecular formula is C10H18F2N2O. The van der Waals surface area contributed by atoms with E-state index in [0.29, 0.717) is 0 Å². The van der Waals surface area contributed by atoms with Crippen LogP contribution in [0.4, 0.5) is 8.78 Å². The maximum Gasteiger partial charge on any atom is 0.267 e. The molecule has 1 heterocycles. The lowest BCUT2D eigenvalue weighted by atomic mass is 9.99. The minimum absolute atomic E-state index is 0.0340. The molecule has 0 aliphatic carbocycles. The lowest BCUT2D eigenvalue weighted by molar-refractivity contribution is -0.134. The van der Waals surface area contributed by atoms with Crippen molar-refractivity contribution in [3.05, 3.63) is 0 Å². The molecule has 88 valence electrons. The van der Waals surface area contributed by atoms with Gasteiger partial charge in [-0.05, 0) is 5.92 Å². The van der Waals surface area contributed by atoms with Gasteiger partial charge in [0.2, 0.25) is 5.91 Å². The Morgan fingerprint density at radius 3 is 2.60 bits per heavy atom. The van der Waals surface area contributed by atoms with Crippen molar-refractivity contribution >= 4 is 5.91 Å². The van der Waals surface area contributed by atoms with Crippen LogP contribution in [0.15, 0.2) is 0 Å². The Morgan fingerprint density at radius 2 is 2.20 bits per heavy atom. The van der Waals surface area contributed by atoms with Crippen LogP contribution in [0.5, 0.6) is 0 Å². The number of hydrogen-bond acceptors (Lipinski definition) is 2. The van der Waals surface area contributed by atoms with Gasteiger partial charge in [-0.15, -0.1) is 0 Å². The highest BCUT2D eigenvalue weighted by molar-refractivity contribution is 5.82. The van der Waals surface area contributed by atoms with Crippen molar-refractivity contribution in [3.63, 3.8) is 0 Å². The fourth-order valence-electron chi connectivity index (χ4n) is 1.63. The molecule has 1 rings (SSSR count). The first-order valence-corrected chi connectivity index (χ1v) is 5.29. The molecule has 5 heteroatoms. The summed E-state index contributed by atoms with van der Waals surface area (Å²) in [7, 11) is 0. The Labute approximate surface area is 88.6 Å². The van der Waals surface area contributed by atoms with E-state index in [0.717, 1.165) is 6.42 Å². The Hall–Kier alpha value is -0.710. The van der Waals surface area contributed by atoms with Crippen LogP contribution in [0.25, 0.3) is 0 Å². The van der Waals surface area contributed by atoms with Crippen molar-refractivity contribution in [2.75, 3.05) is 13.1 Å². The van der Waals surface area contributed by atoms with Crippen LogP contribution >= 0.6 is 0 Å². The zero-order valence-corrected chi connectivity index (χ0v) is 9.17. The molecule has 1 amide bonds. The van der Waals surface area contributed by atoms with Crippen LogP contribution in [-0.4, -0.2) is 35.9 Å². The number of carbonyl (C=O) groups excluding carboxylic acids is 1. The minimum atomic E-state index is -2.73. The molecule has 1 fully saturated rings. The van der Waals surface area contributed by atoms with Crippen LogP contribution in [0.1, 0.15) is 26.7 Å². The van der Waals surface area contributed by atoms with Crippen LogP contribution < -0.4 is 5.73 Å². The van der Waals surface area contributed by atoms with Gasteiger partial charge in [0.1, 0.15) is 0 Å². The van der Waals surface area contributed by atoms with Crippen LogP contribution in [-0.2, 0) is 4.79 Å². The number of carbonyl (C=O) groups is 1. The van der Waals surface area contributed by atoms with E-state index in [4.69, 9.17) is 5.73 Å². The van der Waals surface area contributed by atoms with Crippen molar-refractivity contribution in [2.45, 2.75) is 38.7 Å². The first kappa shape index (κ1) is 12.4. The average Bonchev–Trinajstić information content (AvgIpc) is 2.55. The smallest absolute Gasteiger partial charge is 0.267 e. The third-order valence-corrected chi connectivity index (χ3v) is 3.02. The summed E-state index contributed by atoms with van der Waals surface area (Å²) >= 11 is 0. The summed E-state index contributed by atoms with van der Waals surface area (Å²) in [6.07, 6.45) is 0.531. The molecule has 2 atom stereocenters. The van der Waals surface area contributed by atoms with E-state index < -0.39 is 18.5 Å². The second kappa shape index (κ2) is 4.43. The molecule has 0 aromatic rings. The number of hydrogen-bond donors (Lipinski definition) is 1. The third kappa shape index (κ3) is 2.87. The van der Waals surface area contributed by atoms with Crippen molar-refractivity contribution < 1.29 is 13.6 Å². The number of nitrogens with two attached hydrogens (primary N) is 1. The highest BCUT2D eigenvalue weighted by Gasteiger charge is 2.41. The first-order valence-electron chi connectivity index (χ1n) is 5.29. The summed E-state index contributed by atoms with van der Waals surface area (Å²) < 4.78 is 25.7. The van der Waals surface area contributed by atoms with Gasteiger partial charge in [-0.3, -0.25) is 4.79 Å². The lowest BCUT2D eigenvalue weighted by Gasteiger charge is -2.23. The summed E-state index contributed by atoms with van der Waals surface area (Å²) in [5.74, 6) is -3.04. The zero-order valence-electron chi connectivity index (χ0n) is 9.17. The highest BCUT2D eigenvalue weighted by Crippen LogP contribution is 2.27. The molecule has 0 saturated carbocycles. The standard InChI is InChI=1S/C10H18F2N2O/c1-3-7(2)8(13)9(15)14-5-4-10(11,12)6-14/h7-8H,3-6,13H2,1-2H3/t7-,8+/m1/s1. The average molecular weight is 220 g/mol. The molecule has 2 N–H and O–H groups in total. The van der Waals surface area contributed by atoms with Gasteiger partial charge in [-0.1, -0.05) is 20.3 Å². The molecule has 0 aromatic heterocycles. The number of amides is 1. The number of alkyl halides is 2. The van der Waals surface area contributed by atoms with Gasteiger partial charge < -0.3 is 10.6 Å². The third-order valence-electron chi connectivity index (χ3n) is 3.02. The molecule has 15 heavy (non-hydrogen) atoms. The SMILES string of the molecule is CC[C@@H](C)[C@H](N)C(=O)N1CCC(F)(F)C1. The zero-order chi connectivity index (χ0) is 11.6.